The molecule has 72 heavy (non-hydrogen) atoms. The molecule has 0 unspecified atom stereocenters. The third kappa shape index (κ3) is 5.96. The third-order valence-electron chi connectivity index (χ3n) is 14.2. The highest BCUT2D eigenvalue weighted by Gasteiger charge is 2.31. The highest BCUT2D eigenvalue weighted by molar-refractivity contribution is 7.26. The summed E-state index contributed by atoms with van der Waals surface area (Å²) in [6, 6.07) is 79.5. The van der Waals surface area contributed by atoms with Gasteiger partial charge in [0.2, 0.25) is 0 Å². The Morgan fingerprint density at radius 1 is 0.361 bits per heavy atom. The van der Waals surface area contributed by atoms with Gasteiger partial charge in [-0.2, -0.15) is 5.26 Å². The van der Waals surface area contributed by atoms with Crippen LogP contribution in [0.4, 0.5) is 0 Å². The molecule has 334 valence electrons. The van der Waals surface area contributed by atoms with Gasteiger partial charge in [-0.25, -0.2) is 15.0 Å². The van der Waals surface area contributed by atoms with Crippen molar-refractivity contribution < 1.29 is 0 Å². The first kappa shape index (κ1) is 40.6. The van der Waals surface area contributed by atoms with Crippen molar-refractivity contribution in [3.63, 3.8) is 0 Å². The van der Waals surface area contributed by atoms with E-state index in [0.29, 0.717) is 28.6 Å². The van der Waals surface area contributed by atoms with Crippen molar-refractivity contribution in [2.45, 2.75) is 0 Å². The molecule has 0 aliphatic carbocycles. The van der Waals surface area contributed by atoms with Crippen molar-refractivity contribution in [2.75, 3.05) is 0 Å². The Morgan fingerprint density at radius 3 is 1.28 bits per heavy atom. The van der Waals surface area contributed by atoms with Crippen molar-refractivity contribution >= 4 is 107 Å². The van der Waals surface area contributed by atoms with E-state index in [2.05, 4.69) is 173 Å². The third-order valence-corrected chi connectivity index (χ3v) is 16.5. The molecule has 0 aliphatic heterocycles. The summed E-state index contributed by atoms with van der Waals surface area (Å²) in [6.45, 7) is 0. The molecule has 6 nitrogen and oxygen atoms in total. The topological polar surface area (TPSA) is 72.3 Å². The van der Waals surface area contributed by atoms with Crippen molar-refractivity contribution in [3.05, 3.63) is 224 Å². The number of fused-ring (bicyclic) bond motifs is 14. The maximum atomic E-state index is 12.0. The van der Waals surface area contributed by atoms with Crippen LogP contribution >= 0.6 is 22.7 Å². The van der Waals surface area contributed by atoms with Gasteiger partial charge in [0.1, 0.15) is 6.07 Å². The lowest BCUT2D eigenvalue weighted by Gasteiger charge is -2.24. The van der Waals surface area contributed by atoms with Gasteiger partial charge in [-0.15, -0.1) is 22.7 Å². The highest BCUT2D eigenvalue weighted by atomic mass is 32.1. The van der Waals surface area contributed by atoms with E-state index in [1.54, 1.807) is 11.3 Å². The van der Waals surface area contributed by atoms with Crippen LogP contribution in [-0.2, 0) is 0 Å². The fourth-order valence-corrected chi connectivity index (χ4v) is 13.4. The predicted octanol–water partition coefficient (Wildman–Crippen LogP) is 17.3. The van der Waals surface area contributed by atoms with Crippen LogP contribution in [0.2, 0.25) is 0 Å². The number of hydrogen-bond donors (Lipinski definition) is 0. The zero-order chi connectivity index (χ0) is 47.4. The fraction of sp³-hybridized carbons (Fsp3) is 0. The lowest BCUT2D eigenvalue weighted by molar-refractivity contribution is 1.06. The maximum absolute atomic E-state index is 12.0. The van der Waals surface area contributed by atoms with Crippen molar-refractivity contribution in [2.24, 2.45) is 0 Å². The molecule has 0 N–H and O–H groups in total. The van der Waals surface area contributed by atoms with E-state index in [-0.39, 0.29) is 0 Å². The van der Waals surface area contributed by atoms with Gasteiger partial charge >= 0.3 is 0 Å². The molecule has 8 heteroatoms. The van der Waals surface area contributed by atoms with Crippen molar-refractivity contribution in [1.82, 2.24) is 24.1 Å². The number of hydrogen-bond acceptors (Lipinski definition) is 6. The number of nitriles is 1. The predicted molar refractivity (Wildman–Crippen MR) is 301 cm³/mol. The molecule has 10 aromatic carbocycles. The van der Waals surface area contributed by atoms with E-state index < -0.39 is 0 Å². The first-order valence-corrected chi connectivity index (χ1v) is 25.5. The Morgan fingerprint density at radius 2 is 0.778 bits per heavy atom. The lowest BCUT2D eigenvalue weighted by Crippen LogP contribution is -2.10. The highest BCUT2D eigenvalue weighted by Crippen LogP contribution is 2.51. The SMILES string of the molecule is N#Cc1cc(-c2nc(-c3ccccc3)nc(-c3ccccc3)n2)c(-n2c3ccccc3c3ccc4sc5ccccc5c4c32)c(-c2ccccc2)c1-n1c2ccccc2c2ccc3sc4ccccc4c3c21. The number of rotatable bonds is 6. The molecule has 0 bridgehead atoms. The second-order valence-corrected chi connectivity index (χ2v) is 20.3. The van der Waals surface area contributed by atoms with Gasteiger partial charge in [-0.3, -0.25) is 0 Å². The molecule has 0 saturated heterocycles. The monoisotopic (exact) mass is 952 g/mol. The summed E-state index contributed by atoms with van der Waals surface area (Å²) in [7, 11) is 0. The standard InChI is InChI=1S/C64H36N6S2/c65-37-41-36-48(64-67-62(39-20-6-2-7-21-39)66-63(68-64)40-22-8-3-9-23-40)61(70-50-29-15-11-25-43(50)45-33-35-54-57(60(45)70)47-27-13-17-31-52(47)72-54)55(38-18-4-1-5-19-38)58(41)69-49-28-14-10-24-42(49)44-32-34-53-56(59(44)69)46-26-12-16-30-51(46)71-53/h1-36H. The Hall–Kier alpha value is -9.26. The molecule has 0 radical (unpaired) electrons. The molecular formula is C64H36N6S2. The van der Waals surface area contributed by atoms with Crippen LogP contribution in [-0.4, -0.2) is 24.1 Å². The smallest absolute Gasteiger partial charge is 0.166 e. The second kappa shape index (κ2) is 15.9. The lowest BCUT2D eigenvalue weighted by atomic mass is 9.92. The van der Waals surface area contributed by atoms with Crippen molar-refractivity contribution in [3.8, 4) is 62.7 Å². The summed E-state index contributed by atoms with van der Waals surface area (Å²) < 4.78 is 9.67. The molecule has 0 atom stereocenters. The average Bonchev–Trinajstić information content (AvgIpc) is 4.21. The zero-order valence-electron chi connectivity index (χ0n) is 38.3. The minimum atomic E-state index is 0.458. The Balaban J connectivity index is 1.21. The number of para-hydroxylation sites is 2. The van der Waals surface area contributed by atoms with Gasteiger partial charge < -0.3 is 9.13 Å². The van der Waals surface area contributed by atoms with Gasteiger partial charge in [-0.1, -0.05) is 176 Å². The van der Waals surface area contributed by atoms with Crippen LogP contribution in [0.15, 0.2) is 218 Å². The molecule has 5 aromatic heterocycles. The molecule has 0 fully saturated rings. The first-order valence-electron chi connectivity index (χ1n) is 23.9. The largest absolute Gasteiger partial charge is 0.307 e. The summed E-state index contributed by atoms with van der Waals surface area (Å²) in [6.07, 6.45) is 0. The van der Waals surface area contributed by atoms with E-state index in [9.17, 15) is 5.26 Å². The van der Waals surface area contributed by atoms with Crippen LogP contribution in [0.1, 0.15) is 5.56 Å². The molecule has 0 aliphatic rings. The van der Waals surface area contributed by atoms with E-state index in [0.717, 1.165) is 77.2 Å². The summed E-state index contributed by atoms with van der Waals surface area (Å²) in [5.41, 5.74) is 10.6. The van der Waals surface area contributed by atoms with Crippen LogP contribution in [0.5, 0.6) is 0 Å². The van der Waals surface area contributed by atoms with E-state index in [4.69, 9.17) is 15.0 Å². The average molecular weight is 953 g/mol. The Bertz CT molecular complexity index is 4690. The molecule has 15 aromatic rings. The normalized spacial score (nSPS) is 11.9. The van der Waals surface area contributed by atoms with Crippen LogP contribution in [0.25, 0.3) is 141 Å². The van der Waals surface area contributed by atoms with Gasteiger partial charge in [0.05, 0.1) is 39.0 Å². The van der Waals surface area contributed by atoms with Gasteiger partial charge in [0.15, 0.2) is 17.5 Å². The van der Waals surface area contributed by atoms with E-state index >= 15 is 0 Å². The van der Waals surface area contributed by atoms with Gasteiger partial charge in [0.25, 0.3) is 0 Å². The second-order valence-electron chi connectivity index (χ2n) is 18.1. The summed E-state index contributed by atoms with van der Waals surface area (Å²) in [5, 5.41) is 21.2. The molecule has 15 rings (SSSR count). The molecule has 0 amide bonds. The molecule has 0 saturated carbocycles. The molecular weight excluding hydrogens is 917 g/mol. The van der Waals surface area contributed by atoms with Gasteiger partial charge in [-0.05, 0) is 48.0 Å². The molecule has 5 heterocycles. The Kier molecular flexibility index (Phi) is 8.96. The number of nitrogens with zero attached hydrogens (tertiary/aromatic N) is 6. The van der Waals surface area contributed by atoms with E-state index in [1.165, 1.54) is 40.3 Å². The summed E-state index contributed by atoms with van der Waals surface area (Å²) >= 11 is 3.61. The maximum Gasteiger partial charge on any atom is 0.166 e. The summed E-state index contributed by atoms with van der Waals surface area (Å²) in [4.78, 5) is 16.1. The van der Waals surface area contributed by atoms with Crippen LogP contribution in [0.3, 0.4) is 0 Å². The summed E-state index contributed by atoms with van der Waals surface area (Å²) in [5.74, 6) is 1.54. The number of thiophene rings is 2. The Labute approximate surface area is 420 Å². The zero-order valence-corrected chi connectivity index (χ0v) is 39.9. The molecule has 0 spiro atoms. The quantitative estimate of drug-likeness (QED) is 0.166. The number of aromatic nitrogens is 5. The number of benzene rings is 10. The first-order chi connectivity index (χ1) is 35.7. The minimum absolute atomic E-state index is 0.458. The van der Waals surface area contributed by atoms with Crippen molar-refractivity contribution in [1.29, 1.82) is 5.26 Å². The fourth-order valence-electron chi connectivity index (χ4n) is 11.2. The van der Waals surface area contributed by atoms with Gasteiger partial charge in [0, 0.05) is 84.1 Å². The van der Waals surface area contributed by atoms with Crippen LogP contribution < -0.4 is 0 Å². The van der Waals surface area contributed by atoms with E-state index in [1.807, 2.05) is 72.0 Å². The van der Waals surface area contributed by atoms with Crippen LogP contribution in [0, 0.1) is 11.3 Å². The minimum Gasteiger partial charge on any atom is -0.307 e.